The van der Waals surface area contributed by atoms with Crippen LogP contribution in [0.15, 0.2) is 36.4 Å². The molecule has 5 N–H and O–H groups in total. The largest absolute Gasteiger partial charge is 0.416 e. The standard InChI is InChI=1S/C25H30F3N3O.CH3NO/c1-16-13-31(15-24(29)32)14-21-11-18(4-5-22(16)21)19-2-3-20(23(12-19)25(26,27)28)10-17-6-8-30-9-7-17;2-1-3/h2-5,11-12,16-17,30H,6-10,13-15H2,1H3,(H2,29,32);1H,(H2,2,3)/t16-;/m0./s1. The van der Waals surface area contributed by atoms with Crippen molar-refractivity contribution in [2.75, 3.05) is 26.2 Å². The summed E-state index contributed by atoms with van der Waals surface area (Å²) >= 11 is 0. The fraction of sp³-hybridized carbons (Fsp3) is 0.462. The average molecular weight is 491 g/mol. The zero-order valence-corrected chi connectivity index (χ0v) is 19.9. The highest BCUT2D eigenvalue weighted by molar-refractivity contribution is 5.76. The first-order chi connectivity index (χ1) is 16.6. The molecule has 1 fully saturated rings. The van der Waals surface area contributed by atoms with Gasteiger partial charge in [0, 0.05) is 13.1 Å². The zero-order valence-electron chi connectivity index (χ0n) is 19.9. The highest BCUT2D eigenvalue weighted by Crippen LogP contribution is 2.38. The van der Waals surface area contributed by atoms with Crippen molar-refractivity contribution in [2.45, 2.75) is 44.8 Å². The smallest absolute Gasteiger partial charge is 0.372 e. The molecule has 9 heteroatoms. The number of piperidine rings is 1. The van der Waals surface area contributed by atoms with Crippen molar-refractivity contribution in [3.63, 3.8) is 0 Å². The Kier molecular flexibility index (Phi) is 8.91. The Bertz CT molecular complexity index is 1040. The minimum absolute atomic E-state index is 0.178. The van der Waals surface area contributed by atoms with Crippen LogP contribution < -0.4 is 16.8 Å². The number of carbonyl (C=O) groups excluding carboxylic acids is 2. The highest BCUT2D eigenvalue weighted by Gasteiger charge is 2.34. The molecule has 2 aromatic carbocycles. The Morgan fingerprint density at radius 2 is 1.77 bits per heavy atom. The average Bonchev–Trinajstić information content (AvgIpc) is 2.79. The van der Waals surface area contributed by atoms with Crippen LogP contribution in [-0.2, 0) is 28.7 Å². The molecule has 0 radical (unpaired) electrons. The monoisotopic (exact) mass is 490 g/mol. The van der Waals surface area contributed by atoms with Crippen LogP contribution >= 0.6 is 0 Å². The SMILES string of the molecule is C[C@H]1CN(CC(N)=O)Cc2cc(-c3ccc(CC4CCNCC4)c(C(F)(F)F)c3)ccc21.NC=O. The number of nitrogens with two attached hydrogens (primary N) is 2. The van der Waals surface area contributed by atoms with Crippen LogP contribution in [0.3, 0.4) is 0 Å². The maximum atomic E-state index is 13.9. The molecule has 2 aliphatic heterocycles. The fourth-order valence-corrected chi connectivity index (χ4v) is 5.13. The van der Waals surface area contributed by atoms with E-state index in [-0.39, 0.29) is 30.7 Å². The van der Waals surface area contributed by atoms with Gasteiger partial charge in [-0.2, -0.15) is 13.2 Å². The van der Waals surface area contributed by atoms with Crippen molar-refractivity contribution in [1.82, 2.24) is 10.2 Å². The fourth-order valence-electron chi connectivity index (χ4n) is 5.13. The van der Waals surface area contributed by atoms with Gasteiger partial charge in [0.15, 0.2) is 0 Å². The number of hydrogen-bond donors (Lipinski definition) is 3. The van der Waals surface area contributed by atoms with E-state index in [2.05, 4.69) is 18.0 Å². The first-order valence-electron chi connectivity index (χ1n) is 11.8. The molecule has 2 amide bonds. The third kappa shape index (κ3) is 7.05. The van der Waals surface area contributed by atoms with E-state index in [4.69, 9.17) is 10.5 Å². The summed E-state index contributed by atoms with van der Waals surface area (Å²) in [7, 11) is 0. The number of nitrogens with one attached hydrogen (secondary N) is 1. The number of amides is 2. The van der Waals surface area contributed by atoms with E-state index in [0.717, 1.165) is 43.6 Å². The normalized spacial score (nSPS) is 18.8. The lowest BCUT2D eigenvalue weighted by molar-refractivity contribution is -0.138. The lowest BCUT2D eigenvalue weighted by Crippen LogP contribution is -2.38. The summed E-state index contributed by atoms with van der Waals surface area (Å²) in [6.07, 6.45) is -1.87. The number of fused-ring (bicyclic) bond motifs is 1. The maximum absolute atomic E-state index is 13.9. The molecule has 1 atom stereocenters. The van der Waals surface area contributed by atoms with Crippen LogP contribution in [-0.4, -0.2) is 43.4 Å². The number of hydrogen-bond acceptors (Lipinski definition) is 4. The number of benzene rings is 2. The van der Waals surface area contributed by atoms with E-state index in [1.165, 1.54) is 11.6 Å². The van der Waals surface area contributed by atoms with Gasteiger partial charge in [0.2, 0.25) is 12.3 Å². The van der Waals surface area contributed by atoms with Crippen LogP contribution in [0, 0.1) is 5.92 Å². The van der Waals surface area contributed by atoms with E-state index in [1.807, 2.05) is 23.1 Å². The van der Waals surface area contributed by atoms with E-state index in [1.54, 1.807) is 12.1 Å². The topological polar surface area (TPSA) is 101 Å². The van der Waals surface area contributed by atoms with Gasteiger partial charge >= 0.3 is 6.18 Å². The summed E-state index contributed by atoms with van der Waals surface area (Å²) in [5.41, 5.74) is 12.9. The first kappa shape index (κ1) is 26.7. The Balaban J connectivity index is 0.00000108. The Labute approximate surface area is 203 Å². The van der Waals surface area contributed by atoms with Crippen molar-refractivity contribution in [3.8, 4) is 11.1 Å². The van der Waals surface area contributed by atoms with Gasteiger partial charge in [0.05, 0.1) is 12.1 Å². The van der Waals surface area contributed by atoms with Crippen molar-refractivity contribution in [2.24, 2.45) is 17.4 Å². The van der Waals surface area contributed by atoms with E-state index < -0.39 is 11.7 Å². The second kappa shape index (κ2) is 11.7. The zero-order chi connectivity index (χ0) is 25.6. The number of primary amides is 2. The van der Waals surface area contributed by atoms with Crippen LogP contribution in [0.4, 0.5) is 13.2 Å². The van der Waals surface area contributed by atoms with Gasteiger partial charge in [-0.05, 0) is 84.1 Å². The van der Waals surface area contributed by atoms with Gasteiger partial charge in [-0.3, -0.25) is 14.5 Å². The minimum Gasteiger partial charge on any atom is -0.372 e. The van der Waals surface area contributed by atoms with Crippen LogP contribution in [0.2, 0.25) is 0 Å². The summed E-state index contributed by atoms with van der Waals surface area (Å²) in [5.74, 6) is 0.130. The molecule has 0 spiro atoms. The van der Waals surface area contributed by atoms with Gasteiger partial charge in [-0.25, -0.2) is 0 Å². The lowest BCUT2D eigenvalue weighted by Gasteiger charge is -2.32. The summed E-state index contributed by atoms with van der Waals surface area (Å²) in [5, 5.41) is 3.27. The van der Waals surface area contributed by atoms with E-state index in [0.29, 0.717) is 24.1 Å². The molecule has 2 aromatic rings. The number of nitrogens with zero attached hydrogens (tertiary/aromatic N) is 1. The number of alkyl halides is 3. The van der Waals surface area contributed by atoms with Crippen LogP contribution in [0.5, 0.6) is 0 Å². The molecular weight excluding hydrogens is 457 g/mol. The van der Waals surface area contributed by atoms with Crippen molar-refractivity contribution >= 4 is 12.3 Å². The molecule has 6 nitrogen and oxygen atoms in total. The van der Waals surface area contributed by atoms with Gasteiger partial charge in [0.25, 0.3) is 0 Å². The summed E-state index contributed by atoms with van der Waals surface area (Å²) in [6.45, 7) is 5.30. The Morgan fingerprint density at radius 1 is 1.14 bits per heavy atom. The highest BCUT2D eigenvalue weighted by atomic mass is 19.4. The molecule has 190 valence electrons. The molecule has 2 heterocycles. The third-order valence-electron chi connectivity index (χ3n) is 6.70. The molecule has 4 rings (SSSR count). The molecule has 0 unspecified atom stereocenters. The van der Waals surface area contributed by atoms with E-state index in [9.17, 15) is 18.0 Å². The van der Waals surface area contributed by atoms with Crippen molar-refractivity contribution < 1.29 is 22.8 Å². The summed E-state index contributed by atoms with van der Waals surface area (Å²) in [4.78, 5) is 21.9. The number of carbonyl (C=O) groups is 2. The summed E-state index contributed by atoms with van der Waals surface area (Å²) < 4.78 is 41.8. The maximum Gasteiger partial charge on any atom is 0.416 e. The van der Waals surface area contributed by atoms with Crippen molar-refractivity contribution in [1.29, 1.82) is 0 Å². The predicted octanol–water partition coefficient (Wildman–Crippen LogP) is 3.42. The van der Waals surface area contributed by atoms with Gasteiger partial charge in [0.1, 0.15) is 0 Å². The third-order valence-corrected chi connectivity index (χ3v) is 6.70. The quantitative estimate of drug-likeness (QED) is 0.559. The molecule has 0 aromatic heterocycles. The van der Waals surface area contributed by atoms with Gasteiger partial charge in [-0.1, -0.05) is 31.2 Å². The molecule has 0 aliphatic carbocycles. The number of halogens is 3. The molecule has 1 saturated heterocycles. The molecule has 2 aliphatic rings. The van der Waals surface area contributed by atoms with Crippen molar-refractivity contribution in [3.05, 3.63) is 58.7 Å². The van der Waals surface area contributed by atoms with Gasteiger partial charge < -0.3 is 16.8 Å². The Morgan fingerprint density at radius 3 is 2.40 bits per heavy atom. The predicted molar refractivity (Wildman–Crippen MR) is 129 cm³/mol. The van der Waals surface area contributed by atoms with Crippen LogP contribution in [0.1, 0.15) is 47.9 Å². The second-order valence-corrected chi connectivity index (χ2v) is 9.35. The van der Waals surface area contributed by atoms with E-state index >= 15 is 0 Å². The summed E-state index contributed by atoms with van der Waals surface area (Å²) in [6, 6.07) is 10.6. The molecule has 35 heavy (non-hydrogen) atoms. The molecular formula is C26H33F3N4O2. The molecule has 0 bridgehead atoms. The van der Waals surface area contributed by atoms with Gasteiger partial charge in [-0.15, -0.1) is 0 Å². The second-order valence-electron chi connectivity index (χ2n) is 9.35. The lowest BCUT2D eigenvalue weighted by atomic mass is 9.86. The Hall–Kier alpha value is -2.91. The first-order valence-corrected chi connectivity index (χ1v) is 11.8. The molecule has 0 saturated carbocycles. The van der Waals surface area contributed by atoms with Crippen LogP contribution in [0.25, 0.3) is 11.1 Å². The number of rotatable bonds is 5. The minimum atomic E-state index is -4.39.